The van der Waals surface area contributed by atoms with E-state index in [9.17, 15) is 18.0 Å². The van der Waals surface area contributed by atoms with Gasteiger partial charge < -0.3 is 10.2 Å². The van der Waals surface area contributed by atoms with Crippen LogP contribution in [-0.2, 0) is 26.2 Å². The van der Waals surface area contributed by atoms with Crippen LogP contribution in [0.2, 0.25) is 0 Å². The summed E-state index contributed by atoms with van der Waals surface area (Å²) >= 11 is 0. The molecule has 2 N–H and O–H groups in total. The molecule has 1 aromatic rings. The number of piperidine rings is 1. The van der Waals surface area contributed by atoms with Gasteiger partial charge in [0.05, 0.1) is 6.26 Å². The normalized spacial score (nSPS) is 21.5. The summed E-state index contributed by atoms with van der Waals surface area (Å²) < 4.78 is 25.2. The number of carbonyl (C=O) groups is 2. The van der Waals surface area contributed by atoms with Gasteiger partial charge >= 0.3 is 0 Å². The molecule has 184 valence electrons. The second-order valence-corrected chi connectivity index (χ2v) is 11.6. The molecule has 1 unspecified atom stereocenters. The second-order valence-electron chi connectivity index (χ2n) is 9.88. The van der Waals surface area contributed by atoms with Crippen LogP contribution in [0.25, 0.3) is 0 Å². The van der Waals surface area contributed by atoms with Crippen LogP contribution < -0.4 is 10.0 Å². The first-order chi connectivity index (χ1) is 15.5. The summed E-state index contributed by atoms with van der Waals surface area (Å²) in [5.74, 6) is 0.404. The number of amides is 2. The summed E-state index contributed by atoms with van der Waals surface area (Å²) in [6.45, 7) is 9.04. The lowest BCUT2D eigenvalue weighted by Crippen LogP contribution is -2.73. The molecule has 2 fully saturated rings. The molecular weight excluding hydrogens is 440 g/mol. The minimum atomic E-state index is -3.30. The Balaban J connectivity index is 1.67. The quantitative estimate of drug-likeness (QED) is 0.568. The first-order valence-corrected chi connectivity index (χ1v) is 13.8. The maximum atomic E-state index is 13.3. The van der Waals surface area contributed by atoms with Crippen LogP contribution in [0.3, 0.4) is 0 Å². The highest BCUT2D eigenvalue weighted by Crippen LogP contribution is 2.34. The maximum absolute atomic E-state index is 13.3. The number of benzene rings is 1. The number of nitrogens with zero attached hydrogens (tertiary/aromatic N) is 2. The predicted octanol–water partition coefficient (Wildman–Crippen LogP) is 2.57. The van der Waals surface area contributed by atoms with Crippen LogP contribution in [0.4, 0.5) is 5.69 Å². The van der Waals surface area contributed by atoms with E-state index in [1.165, 1.54) is 0 Å². The number of unbranched alkanes of at least 4 members (excludes halogenated alkanes) is 1. The molecule has 1 spiro atoms. The minimum Gasteiger partial charge on any atom is -0.342 e. The van der Waals surface area contributed by atoms with E-state index in [0.717, 1.165) is 44.3 Å². The van der Waals surface area contributed by atoms with Crippen molar-refractivity contribution in [2.24, 2.45) is 5.92 Å². The number of rotatable bonds is 9. The van der Waals surface area contributed by atoms with Crippen molar-refractivity contribution in [3.63, 3.8) is 0 Å². The van der Waals surface area contributed by atoms with Gasteiger partial charge in [0.15, 0.2) is 0 Å². The molecule has 0 aliphatic carbocycles. The van der Waals surface area contributed by atoms with E-state index in [2.05, 4.69) is 35.7 Å². The standard InChI is InChI=1S/C24H38N4O4S/c1-5-6-13-28-22(29)21(16-18(2)3)25-23(30)24(28)11-14-27(15-12-24)17-19-7-9-20(10-8-19)26-33(4,31)32/h7-10,18,21,26H,5-6,11-17H2,1-4H3,(H,25,30). The number of sulfonamides is 1. The Labute approximate surface area is 198 Å². The largest absolute Gasteiger partial charge is 0.342 e. The molecule has 2 saturated heterocycles. The van der Waals surface area contributed by atoms with Crippen molar-refractivity contribution in [2.45, 2.75) is 71.0 Å². The Bertz CT molecular complexity index is 938. The van der Waals surface area contributed by atoms with Crippen LogP contribution in [0.1, 0.15) is 58.4 Å². The molecule has 3 rings (SSSR count). The Kier molecular flexibility index (Phi) is 8.05. The summed E-state index contributed by atoms with van der Waals surface area (Å²) in [7, 11) is -3.30. The van der Waals surface area contributed by atoms with E-state index in [1.807, 2.05) is 17.0 Å². The summed E-state index contributed by atoms with van der Waals surface area (Å²) in [5.41, 5.74) is 0.868. The minimum absolute atomic E-state index is 0.000273. The average molecular weight is 479 g/mol. The van der Waals surface area contributed by atoms with Gasteiger partial charge in [0.2, 0.25) is 21.8 Å². The predicted molar refractivity (Wildman–Crippen MR) is 130 cm³/mol. The van der Waals surface area contributed by atoms with Gasteiger partial charge in [-0.3, -0.25) is 19.2 Å². The molecule has 2 aliphatic heterocycles. The third kappa shape index (κ3) is 6.26. The summed E-state index contributed by atoms with van der Waals surface area (Å²) in [4.78, 5) is 30.8. The topological polar surface area (TPSA) is 98.8 Å². The van der Waals surface area contributed by atoms with Gasteiger partial charge in [-0.25, -0.2) is 8.42 Å². The number of carbonyl (C=O) groups excluding carboxylic acids is 2. The van der Waals surface area contributed by atoms with E-state index in [-0.39, 0.29) is 11.8 Å². The Morgan fingerprint density at radius 1 is 1.15 bits per heavy atom. The van der Waals surface area contributed by atoms with Gasteiger partial charge in [-0.1, -0.05) is 39.3 Å². The van der Waals surface area contributed by atoms with Crippen molar-refractivity contribution in [2.75, 3.05) is 30.6 Å². The van der Waals surface area contributed by atoms with E-state index in [0.29, 0.717) is 37.4 Å². The number of nitrogens with one attached hydrogen (secondary N) is 2. The van der Waals surface area contributed by atoms with E-state index in [4.69, 9.17) is 0 Å². The van der Waals surface area contributed by atoms with Gasteiger partial charge in [-0.2, -0.15) is 0 Å². The highest BCUT2D eigenvalue weighted by molar-refractivity contribution is 7.92. The molecule has 0 radical (unpaired) electrons. The lowest BCUT2D eigenvalue weighted by atomic mass is 9.80. The van der Waals surface area contributed by atoms with Crippen LogP contribution in [0.15, 0.2) is 24.3 Å². The number of anilines is 1. The first kappa shape index (κ1) is 25.5. The lowest BCUT2D eigenvalue weighted by Gasteiger charge is -2.52. The van der Waals surface area contributed by atoms with Crippen molar-refractivity contribution >= 4 is 27.5 Å². The zero-order valence-corrected chi connectivity index (χ0v) is 21.1. The third-order valence-electron chi connectivity index (χ3n) is 6.60. The number of hydrogen-bond acceptors (Lipinski definition) is 5. The van der Waals surface area contributed by atoms with Gasteiger partial charge in [0.1, 0.15) is 11.6 Å². The van der Waals surface area contributed by atoms with Crippen LogP contribution in [0, 0.1) is 5.92 Å². The molecular formula is C24H38N4O4S. The van der Waals surface area contributed by atoms with Crippen LogP contribution in [0.5, 0.6) is 0 Å². The van der Waals surface area contributed by atoms with Crippen molar-refractivity contribution < 1.29 is 18.0 Å². The smallest absolute Gasteiger partial charge is 0.246 e. The monoisotopic (exact) mass is 478 g/mol. The molecule has 1 atom stereocenters. The molecule has 2 amide bonds. The van der Waals surface area contributed by atoms with E-state index < -0.39 is 21.6 Å². The Hall–Kier alpha value is -2.13. The molecule has 2 heterocycles. The molecule has 0 saturated carbocycles. The van der Waals surface area contributed by atoms with Crippen molar-refractivity contribution in [3.05, 3.63) is 29.8 Å². The molecule has 9 heteroatoms. The first-order valence-electron chi connectivity index (χ1n) is 12.0. The third-order valence-corrected chi connectivity index (χ3v) is 7.20. The maximum Gasteiger partial charge on any atom is 0.246 e. The Morgan fingerprint density at radius 3 is 2.33 bits per heavy atom. The Morgan fingerprint density at radius 2 is 1.79 bits per heavy atom. The highest BCUT2D eigenvalue weighted by atomic mass is 32.2. The number of piperazine rings is 1. The fourth-order valence-electron chi connectivity index (χ4n) is 4.88. The zero-order valence-electron chi connectivity index (χ0n) is 20.3. The van der Waals surface area contributed by atoms with Crippen molar-refractivity contribution in [3.8, 4) is 0 Å². The number of hydrogen-bond donors (Lipinski definition) is 2. The zero-order chi connectivity index (χ0) is 24.2. The lowest BCUT2D eigenvalue weighted by molar-refractivity contribution is -0.161. The highest BCUT2D eigenvalue weighted by Gasteiger charge is 2.53. The number of likely N-dealkylation sites (tertiary alicyclic amines) is 1. The molecule has 0 bridgehead atoms. The summed E-state index contributed by atoms with van der Waals surface area (Å²) in [6, 6.07) is 6.93. The van der Waals surface area contributed by atoms with E-state index in [1.54, 1.807) is 12.1 Å². The molecule has 1 aromatic carbocycles. The SMILES string of the molecule is CCCCN1C(=O)C(CC(C)C)NC(=O)C12CCN(Cc1ccc(NS(C)(=O)=O)cc1)CC2. The summed E-state index contributed by atoms with van der Waals surface area (Å²) in [5, 5.41) is 3.05. The summed E-state index contributed by atoms with van der Waals surface area (Å²) in [6.07, 6.45) is 4.91. The van der Waals surface area contributed by atoms with Crippen molar-refractivity contribution in [1.29, 1.82) is 0 Å². The van der Waals surface area contributed by atoms with E-state index >= 15 is 0 Å². The molecule has 0 aromatic heterocycles. The van der Waals surface area contributed by atoms with Gasteiger partial charge in [0, 0.05) is 31.9 Å². The van der Waals surface area contributed by atoms with Crippen molar-refractivity contribution in [1.82, 2.24) is 15.1 Å². The molecule has 2 aliphatic rings. The molecule has 8 nitrogen and oxygen atoms in total. The fraction of sp³-hybridized carbons (Fsp3) is 0.667. The van der Waals surface area contributed by atoms with Gasteiger partial charge in [0.25, 0.3) is 0 Å². The van der Waals surface area contributed by atoms with Gasteiger partial charge in [-0.05, 0) is 49.3 Å². The van der Waals surface area contributed by atoms with Gasteiger partial charge in [-0.15, -0.1) is 0 Å². The second kappa shape index (κ2) is 10.4. The fourth-order valence-corrected chi connectivity index (χ4v) is 5.44. The average Bonchev–Trinajstić information content (AvgIpc) is 2.73. The van der Waals surface area contributed by atoms with Crippen LogP contribution in [-0.4, -0.2) is 67.5 Å². The molecule has 33 heavy (non-hydrogen) atoms. The van der Waals surface area contributed by atoms with Crippen LogP contribution >= 0.6 is 0 Å².